The van der Waals surface area contributed by atoms with E-state index in [0.29, 0.717) is 10.8 Å². The van der Waals surface area contributed by atoms with Crippen LogP contribution >= 0.6 is 22.9 Å². The van der Waals surface area contributed by atoms with E-state index < -0.39 is 0 Å². The molecule has 19 heavy (non-hydrogen) atoms. The van der Waals surface area contributed by atoms with Gasteiger partial charge in [-0.05, 0) is 29.6 Å². The Morgan fingerprint density at radius 1 is 1.21 bits per heavy atom. The second-order valence-corrected chi connectivity index (χ2v) is 5.34. The van der Waals surface area contributed by atoms with E-state index in [1.807, 2.05) is 35.0 Å². The molecule has 4 aromatic rings. The van der Waals surface area contributed by atoms with Crippen molar-refractivity contribution in [2.24, 2.45) is 0 Å². The maximum Gasteiger partial charge on any atom is 0.183 e. The first-order valence-electron chi connectivity index (χ1n) is 5.64. The van der Waals surface area contributed by atoms with Crippen molar-refractivity contribution in [2.75, 3.05) is 0 Å². The molecule has 0 fully saturated rings. The number of nitrogens with zero attached hydrogens (tertiary/aromatic N) is 4. The molecule has 0 aliphatic rings. The minimum atomic E-state index is 0.669. The van der Waals surface area contributed by atoms with Crippen molar-refractivity contribution in [2.45, 2.75) is 0 Å². The van der Waals surface area contributed by atoms with Gasteiger partial charge in [0.15, 0.2) is 11.5 Å². The molecule has 0 N–H and O–H groups in total. The van der Waals surface area contributed by atoms with Gasteiger partial charge in [-0.2, -0.15) is 11.3 Å². The predicted octanol–water partition coefficient (Wildman–Crippen LogP) is 3.66. The second kappa shape index (κ2) is 4.01. The minimum Gasteiger partial charge on any atom is -0.236 e. The molecule has 92 valence electrons. The Hall–Kier alpha value is -1.98. The zero-order valence-electron chi connectivity index (χ0n) is 9.62. The standard InChI is InChI=1S/C13H7ClN4S/c14-9-1-2-11-10(5-9)13-16-12(8-3-4-19-6-8)17-18(13)7-15-11/h1-7H. The summed E-state index contributed by atoms with van der Waals surface area (Å²) in [6.45, 7) is 0. The molecule has 0 bridgehead atoms. The van der Waals surface area contributed by atoms with Gasteiger partial charge in [0, 0.05) is 21.4 Å². The van der Waals surface area contributed by atoms with E-state index in [1.165, 1.54) is 0 Å². The van der Waals surface area contributed by atoms with Crippen LogP contribution in [-0.2, 0) is 0 Å². The van der Waals surface area contributed by atoms with E-state index in [9.17, 15) is 0 Å². The van der Waals surface area contributed by atoms with Crippen molar-refractivity contribution in [3.05, 3.63) is 46.4 Å². The number of fused-ring (bicyclic) bond motifs is 3. The van der Waals surface area contributed by atoms with E-state index in [4.69, 9.17) is 11.6 Å². The lowest BCUT2D eigenvalue weighted by atomic mass is 10.2. The summed E-state index contributed by atoms with van der Waals surface area (Å²) in [5, 5.41) is 10.1. The van der Waals surface area contributed by atoms with Gasteiger partial charge >= 0.3 is 0 Å². The monoisotopic (exact) mass is 286 g/mol. The van der Waals surface area contributed by atoms with E-state index in [2.05, 4.69) is 15.1 Å². The molecule has 3 heterocycles. The molecule has 0 aliphatic heterocycles. The average Bonchev–Trinajstić information content (AvgIpc) is 3.07. The van der Waals surface area contributed by atoms with Crippen molar-refractivity contribution in [3.8, 4) is 11.4 Å². The molecule has 0 saturated heterocycles. The summed E-state index contributed by atoms with van der Waals surface area (Å²) in [4.78, 5) is 8.93. The SMILES string of the molecule is Clc1ccc2ncn3nc(-c4ccsc4)nc3c2c1. The Morgan fingerprint density at radius 3 is 3.00 bits per heavy atom. The van der Waals surface area contributed by atoms with Crippen LogP contribution in [0.4, 0.5) is 0 Å². The number of benzene rings is 1. The van der Waals surface area contributed by atoms with Crippen LogP contribution in [0.3, 0.4) is 0 Å². The molecule has 6 heteroatoms. The van der Waals surface area contributed by atoms with Crippen molar-refractivity contribution in [1.82, 2.24) is 19.6 Å². The summed E-state index contributed by atoms with van der Waals surface area (Å²) in [6, 6.07) is 7.58. The number of halogens is 1. The molecular weight excluding hydrogens is 280 g/mol. The van der Waals surface area contributed by atoms with Crippen LogP contribution in [0.25, 0.3) is 27.9 Å². The van der Waals surface area contributed by atoms with Crippen molar-refractivity contribution in [1.29, 1.82) is 0 Å². The molecule has 0 atom stereocenters. The Labute approximate surface area is 117 Å². The van der Waals surface area contributed by atoms with E-state index in [-0.39, 0.29) is 0 Å². The van der Waals surface area contributed by atoms with E-state index in [0.717, 1.165) is 22.1 Å². The van der Waals surface area contributed by atoms with Gasteiger partial charge < -0.3 is 0 Å². The largest absolute Gasteiger partial charge is 0.236 e. The number of hydrogen-bond donors (Lipinski definition) is 0. The molecule has 0 spiro atoms. The lowest BCUT2D eigenvalue weighted by molar-refractivity contribution is 0.938. The smallest absolute Gasteiger partial charge is 0.183 e. The zero-order chi connectivity index (χ0) is 12.8. The van der Waals surface area contributed by atoms with Crippen LogP contribution in [0.15, 0.2) is 41.4 Å². The van der Waals surface area contributed by atoms with Crippen LogP contribution in [0.1, 0.15) is 0 Å². The van der Waals surface area contributed by atoms with Gasteiger partial charge in [0.05, 0.1) is 5.52 Å². The summed E-state index contributed by atoms with van der Waals surface area (Å²) in [6.07, 6.45) is 1.68. The molecule has 0 radical (unpaired) electrons. The first-order valence-corrected chi connectivity index (χ1v) is 6.96. The van der Waals surface area contributed by atoms with Gasteiger partial charge in [-0.15, -0.1) is 5.10 Å². The number of aromatic nitrogens is 4. The topological polar surface area (TPSA) is 43.1 Å². The first-order chi connectivity index (χ1) is 9.31. The maximum absolute atomic E-state index is 6.04. The van der Waals surface area contributed by atoms with E-state index in [1.54, 1.807) is 22.2 Å². The van der Waals surface area contributed by atoms with Crippen LogP contribution < -0.4 is 0 Å². The quantitative estimate of drug-likeness (QED) is 0.536. The molecule has 0 unspecified atom stereocenters. The Balaban J connectivity index is 2.07. The molecule has 4 nitrogen and oxygen atoms in total. The van der Waals surface area contributed by atoms with Gasteiger partial charge in [0.2, 0.25) is 0 Å². The molecule has 0 saturated carbocycles. The van der Waals surface area contributed by atoms with Crippen molar-refractivity contribution >= 4 is 39.5 Å². The highest BCUT2D eigenvalue weighted by Gasteiger charge is 2.10. The summed E-state index contributed by atoms with van der Waals surface area (Å²) in [5.74, 6) is 0.704. The maximum atomic E-state index is 6.04. The average molecular weight is 287 g/mol. The van der Waals surface area contributed by atoms with Gasteiger partial charge in [-0.1, -0.05) is 11.6 Å². The zero-order valence-corrected chi connectivity index (χ0v) is 11.2. The Kier molecular flexibility index (Phi) is 2.30. The molecular formula is C13H7ClN4S. The number of rotatable bonds is 1. The number of hydrogen-bond acceptors (Lipinski definition) is 4. The fourth-order valence-electron chi connectivity index (χ4n) is 2.02. The molecule has 0 aliphatic carbocycles. The summed E-state index contributed by atoms with van der Waals surface area (Å²) < 4.78 is 1.69. The fraction of sp³-hybridized carbons (Fsp3) is 0. The lowest BCUT2D eigenvalue weighted by Gasteiger charge is -1.98. The van der Waals surface area contributed by atoms with Crippen LogP contribution in [-0.4, -0.2) is 19.6 Å². The molecule has 0 amide bonds. The summed E-state index contributed by atoms with van der Waals surface area (Å²) in [7, 11) is 0. The van der Waals surface area contributed by atoms with Crippen LogP contribution in [0.5, 0.6) is 0 Å². The Morgan fingerprint density at radius 2 is 2.16 bits per heavy atom. The molecule has 4 rings (SSSR count). The predicted molar refractivity (Wildman–Crippen MR) is 76.6 cm³/mol. The summed E-state index contributed by atoms with van der Waals surface area (Å²) in [5.41, 5.74) is 2.65. The van der Waals surface area contributed by atoms with Crippen LogP contribution in [0.2, 0.25) is 5.02 Å². The highest BCUT2D eigenvalue weighted by molar-refractivity contribution is 7.08. The highest BCUT2D eigenvalue weighted by atomic mass is 35.5. The van der Waals surface area contributed by atoms with E-state index >= 15 is 0 Å². The van der Waals surface area contributed by atoms with Gasteiger partial charge in [-0.3, -0.25) is 0 Å². The molecule has 1 aromatic carbocycles. The number of thiophene rings is 1. The third-order valence-electron chi connectivity index (χ3n) is 2.92. The van der Waals surface area contributed by atoms with Gasteiger partial charge in [0.25, 0.3) is 0 Å². The van der Waals surface area contributed by atoms with Crippen molar-refractivity contribution < 1.29 is 0 Å². The Bertz CT molecular complexity index is 882. The van der Waals surface area contributed by atoms with Gasteiger partial charge in [-0.25, -0.2) is 14.5 Å². The van der Waals surface area contributed by atoms with Crippen LogP contribution in [0, 0.1) is 0 Å². The third kappa shape index (κ3) is 1.70. The molecule has 3 aromatic heterocycles. The minimum absolute atomic E-state index is 0.669. The first kappa shape index (κ1) is 10.9. The lowest BCUT2D eigenvalue weighted by Crippen LogP contribution is -1.91. The van der Waals surface area contributed by atoms with Gasteiger partial charge in [0.1, 0.15) is 6.33 Å². The summed E-state index contributed by atoms with van der Waals surface area (Å²) >= 11 is 7.67. The second-order valence-electron chi connectivity index (χ2n) is 4.12. The highest BCUT2D eigenvalue weighted by Crippen LogP contribution is 2.24. The normalized spacial score (nSPS) is 11.4. The third-order valence-corrected chi connectivity index (χ3v) is 3.83. The fourth-order valence-corrected chi connectivity index (χ4v) is 2.82. The van der Waals surface area contributed by atoms with Crippen molar-refractivity contribution in [3.63, 3.8) is 0 Å².